The summed E-state index contributed by atoms with van der Waals surface area (Å²) in [6.45, 7) is 3.87. The molecule has 1 rings (SSSR count). The maximum Gasteiger partial charge on any atom is 0.0340 e. The molecule has 72 valence electrons. The number of nitrogens with two attached hydrogens (primary N) is 1. The molecule has 0 saturated heterocycles. The van der Waals surface area contributed by atoms with Gasteiger partial charge in [-0.3, -0.25) is 0 Å². The molecule has 0 radical (unpaired) electrons. The first-order chi connectivity index (χ1) is 6.36. The smallest absolute Gasteiger partial charge is 0.0340 e. The summed E-state index contributed by atoms with van der Waals surface area (Å²) < 4.78 is 0. The van der Waals surface area contributed by atoms with Gasteiger partial charge in [0.25, 0.3) is 0 Å². The summed E-state index contributed by atoms with van der Waals surface area (Å²) in [5, 5.41) is 3.36. The molecule has 0 aromatic heterocycles. The van der Waals surface area contributed by atoms with E-state index in [1.165, 1.54) is 24.1 Å². The first-order valence-electron chi connectivity index (χ1n) is 4.89. The molecule has 0 spiro atoms. The maximum atomic E-state index is 5.50. The van der Waals surface area contributed by atoms with Crippen molar-refractivity contribution in [2.24, 2.45) is 5.73 Å². The van der Waals surface area contributed by atoms with Crippen LogP contribution in [0.2, 0.25) is 0 Å². The zero-order chi connectivity index (χ0) is 9.52. The Bertz CT molecular complexity index is 228. The van der Waals surface area contributed by atoms with Gasteiger partial charge in [-0.15, -0.1) is 0 Å². The SMILES string of the molecule is CCCCNc1ccc(CN)cc1. The number of unbranched alkanes of at least 4 members (excludes halogenated alkanes) is 1. The minimum Gasteiger partial charge on any atom is -0.385 e. The van der Waals surface area contributed by atoms with Crippen LogP contribution in [0.25, 0.3) is 0 Å². The Labute approximate surface area is 80.1 Å². The predicted molar refractivity (Wildman–Crippen MR) is 57.7 cm³/mol. The lowest BCUT2D eigenvalue weighted by molar-refractivity contribution is 0.834. The molecule has 0 bridgehead atoms. The number of hydrogen-bond donors (Lipinski definition) is 2. The monoisotopic (exact) mass is 178 g/mol. The molecule has 13 heavy (non-hydrogen) atoms. The molecule has 0 atom stereocenters. The Kier molecular flexibility index (Phi) is 4.33. The number of rotatable bonds is 5. The molecule has 2 nitrogen and oxygen atoms in total. The van der Waals surface area contributed by atoms with Crippen LogP contribution in [-0.2, 0) is 6.54 Å². The van der Waals surface area contributed by atoms with E-state index >= 15 is 0 Å². The highest BCUT2D eigenvalue weighted by atomic mass is 14.9. The summed E-state index contributed by atoms with van der Waals surface area (Å²) in [7, 11) is 0. The van der Waals surface area contributed by atoms with Crippen LogP contribution in [0, 0.1) is 0 Å². The van der Waals surface area contributed by atoms with E-state index in [1.807, 2.05) is 0 Å². The Morgan fingerprint density at radius 1 is 1.23 bits per heavy atom. The van der Waals surface area contributed by atoms with E-state index in [1.54, 1.807) is 0 Å². The second kappa shape index (κ2) is 5.60. The van der Waals surface area contributed by atoms with Gasteiger partial charge in [0.2, 0.25) is 0 Å². The van der Waals surface area contributed by atoms with Gasteiger partial charge in [-0.2, -0.15) is 0 Å². The van der Waals surface area contributed by atoms with Crippen molar-refractivity contribution in [3.05, 3.63) is 29.8 Å². The first-order valence-corrected chi connectivity index (χ1v) is 4.89. The van der Waals surface area contributed by atoms with Crippen molar-refractivity contribution in [2.75, 3.05) is 11.9 Å². The minimum atomic E-state index is 0.620. The minimum absolute atomic E-state index is 0.620. The van der Waals surface area contributed by atoms with Crippen molar-refractivity contribution in [3.63, 3.8) is 0 Å². The fourth-order valence-corrected chi connectivity index (χ4v) is 1.17. The van der Waals surface area contributed by atoms with Gasteiger partial charge >= 0.3 is 0 Å². The average molecular weight is 178 g/mol. The highest BCUT2D eigenvalue weighted by Crippen LogP contribution is 2.08. The average Bonchev–Trinajstić information content (AvgIpc) is 2.19. The molecule has 0 aliphatic carbocycles. The molecule has 0 heterocycles. The van der Waals surface area contributed by atoms with Crippen LogP contribution in [0.5, 0.6) is 0 Å². The van der Waals surface area contributed by atoms with E-state index in [0.717, 1.165) is 6.54 Å². The second-order valence-corrected chi connectivity index (χ2v) is 3.18. The topological polar surface area (TPSA) is 38.0 Å². The predicted octanol–water partition coefficient (Wildman–Crippen LogP) is 2.36. The highest BCUT2D eigenvalue weighted by molar-refractivity contribution is 5.44. The molecular formula is C11H18N2. The third kappa shape index (κ3) is 3.47. The first kappa shape index (κ1) is 10.1. The summed E-state index contributed by atoms with van der Waals surface area (Å²) in [4.78, 5) is 0. The van der Waals surface area contributed by atoms with E-state index < -0.39 is 0 Å². The third-order valence-corrected chi connectivity index (χ3v) is 2.05. The molecular weight excluding hydrogens is 160 g/mol. The molecule has 3 N–H and O–H groups in total. The third-order valence-electron chi connectivity index (χ3n) is 2.05. The van der Waals surface area contributed by atoms with E-state index in [0.29, 0.717) is 6.54 Å². The van der Waals surface area contributed by atoms with E-state index in [4.69, 9.17) is 5.73 Å². The molecule has 1 aromatic rings. The van der Waals surface area contributed by atoms with Crippen molar-refractivity contribution >= 4 is 5.69 Å². The van der Waals surface area contributed by atoms with Gasteiger partial charge in [0.05, 0.1) is 0 Å². The van der Waals surface area contributed by atoms with Crippen molar-refractivity contribution in [2.45, 2.75) is 26.3 Å². The van der Waals surface area contributed by atoms with E-state index in [-0.39, 0.29) is 0 Å². The Morgan fingerprint density at radius 3 is 2.46 bits per heavy atom. The highest BCUT2D eigenvalue weighted by Gasteiger charge is 1.91. The molecule has 0 amide bonds. The van der Waals surface area contributed by atoms with Crippen LogP contribution < -0.4 is 11.1 Å². The fraction of sp³-hybridized carbons (Fsp3) is 0.455. The summed E-state index contributed by atoms with van der Waals surface area (Å²) in [5.41, 5.74) is 7.87. The number of hydrogen-bond acceptors (Lipinski definition) is 2. The van der Waals surface area contributed by atoms with Gasteiger partial charge in [0.15, 0.2) is 0 Å². The van der Waals surface area contributed by atoms with Gasteiger partial charge in [0, 0.05) is 18.8 Å². The van der Waals surface area contributed by atoms with Gasteiger partial charge in [-0.25, -0.2) is 0 Å². The lowest BCUT2D eigenvalue weighted by Crippen LogP contribution is -2.01. The Hall–Kier alpha value is -1.02. The fourth-order valence-electron chi connectivity index (χ4n) is 1.17. The van der Waals surface area contributed by atoms with Crippen LogP contribution in [-0.4, -0.2) is 6.54 Å². The molecule has 2 heteroatoms. The zero-order valence-corrected chi connectivity index (χ0v) is 8.22. The summed E-state index contributed by atoms with van der Waals surface area (Å²) in [6.07, 6.45) is 2.45. The molecule has 0 aliphatic rings. The molecule has 1 aromatic carbocycles. The largest absolute Gasteiger partial charge is 0.385 e. The zero-order valence-electron chi connectivity index (χ0n) is 8.22. The van der Waals surface area contributed by atoms with Crippen LogP contribution in [0.3, 0.4) is 0 Å². The molecule has 0 unspecified atom stereocenters. The maximum absolute atomic E-state index is 5.50. The standard InChI is InChI=1S/C11H18N2/c1-2-3-8-13-11-6-4-10(9-12)5-7-11/h4-7,13H,2-3,8-9,12H2,1H3. The van der Waals surface area contributed by atoms with Crippen molar-refractivity contribution in [3.8, 4) is 0 Å². The van der Waals surface area contributed by atoms with E-state index in [9.17, 15) is 0 Å². The number of nitrogens with one attached hydrogen (secondary N) is 1. The lowest BCUT2D eigenvalue weighted by atomic mass is 10.2. The van der Waals surface area contributed by atoms with Gasteiger partial charge in [-0.1, -0.05) is 25.5 Å². The molecule has 0 aliphatic heterocycles. The van der Waals surface area contributed by atoms with Crippen molar-refractivity contribution in [1.29, 1.82) is 0 Å². The summed E-state index contributed by atoms with van der Waals surface area (Å²) >= 11 is 0. The van der Waals surface area contributed by atoms with Crippen LogP contribution >= 0.6 is 0 Å². The molecule has 0 saturated carbocycles. The van der Waals surface area contributed by atoms with Gasteiger partial charge < -0.3 is 11.1 Å². The summed E-state index contributed by atoms with van der Waals surface area (Å²) in [5.74, 6) is 0. The van der Waals surface area contributed by atoms with Crippen molar-refractivity contribution in [1.82, 2.24) is 0 Å². The van der Waals surface area contributed by atoms with Gasteiger partial charge in [0.1, 0.15) is 0 Å². The van der Waals surface area contributed by atoms with Crippen LogP contribution in [0.4, 0.5) is 5.69 Å². The quantitative estimate of drug-likeness (QED) is 0.679. The number of anilines is 1. The van der Waals surface area contributed by atoms with Gasteiger partial charge in [-0.05, 0) is 24.1 Å². The van der Waals surface area contributed by atoms with Crippen LogP contribution in [0.15, 0.2) is 24.3 Å². The second-order valence-electron chi connectivity index (χ2n) is 3.18. The Morgan fingerprint density at radius 2 is 1.92 bits per heavy atom. The molecule has 0 fully saturated rings. The lowest BCUT2D eigenvalue weighted by Gasteiger charge is -2.05. The normalized spacial score (nSPS) is 10.0. The van der Waals surface area contributed by atoms with Crippen LogP contribution in [0.1, 0.15) is 25.3 Å². The van der Waals surface area contributed by atoms with Crippen molar-refractivity contribution < 1.29 is 0 Å². The Balaban J connectivity index is 2.40. The van der Waals surface area contributed by atoms with E-state index in [2.05, 4.69) is 36.5 Å². The number of benzene rings is 1. The summed E-state index contributed by atoms with van der Waals surface area (Å²) in [6, 6.07) is 8.29.